The quantitative estimate of drug-likeness (QED) is 0.630. The minimum atomic E-state index is -0.378. The van der Waals surface area contributed by atoms with E-state index in [2.05, 4.69) is 5.32 Å². The monoisotopic (exact) mass is 311 g/mol. The second kappa shape index (κ2) is 8.76. The lowest BCUT2D eigenvalue weighted by molar-refractivity contribution is -0.143. The molecule has 120 valence electrons. The zero-order valence-electron chi connectivity index (χ0n) is 13.4. The van der Waals surface area contributed by atoms with Crippen LogP contribution in [0.3, 0.4) is 0 Å². The molecule has 4 heteroatoms. The van der Waals surface area contributed by atoms with Crippen LogP contribution in [0.25, 0.3) is 6.08 Å². The highest BCUT2D eigenvalue weighted by atomic mass is 16.5. The number of hydrogen-bond acceptors (Lipinski definition) is 4. The lowest BCUT2D eigenvalue weighted by Gasteiger charge is -2.17. The molecule has 0 radical (unpaired) electrons. The van der Waals surface area contributed by atoms with Gasteiger partial charge in [0.1, 0.15) is 11.9 Å². The lowest BCUT2D eigenvalue weighted by atomic mass is 10.1. The van der Waals surface area contributed by atoms with E-state index in [-0.39, 0.29) is 12.1 Å². The lowest BCUT2D eigenvalue weighted by Crippen LogP contribution is -2.21. The van der Waals surface area contributed by atoms with E-state index in [1.807, 2.05) is 61.6 Å². The van der Waals surface area contributed by atoms with Gasteiger partial charge < -0.3 is 14.8 Å². The van der Waals surface area contributed by atoms with Gasteiger partial charge in [-0.05, 0) is 36.4 Å². The van der Waals surface area contributed by atoms with E-state index in [1.54, 1.807) is 13.2 Å². The molecule has 0 bridgehead atoms. The molecule has 2 aromatic rings. The van der Waals surface area contributed by atoms with E-state index in [1.165, 1.54) is 6.08 Å². The van der Waals surface area contributed by atoms with E-state index in [4.69, 9.17) is 9.47 Å². The van der Waals surface area contributed by atoms with Crippen LogP contribution in [0.15, 0.2) is 60.7 Å². The summed E-state index contributed by atoms with van der Waals surface area (Å²) in [6.45, 7) is 0.526. The van der Waals surface area contributed by atoms with Crippen molar-refractivity contribution >= 4 is 12.0 Å². The van der Waals surface area contributed by atoms with Crippen molar-refractivity contribution in [3.8, 4) is 5.75 Å². The fourth-order valence-corrected chi connectivity index (χ4v) is 2.16. The van der Waals surface area contributed by atoms with Crippen LogP contribution in [0.1, 0.15) is 17.2 Å². The molecule has 1 atom stereocenters. The van der Waals surface area contributed by atoms with E-state index in [0.717, 1.165) is 16.9 Å². The normalized spacial score (nSPS) is 12.1. The number of ether oxygens (including phenoxy) is 2. The van der Waals surface area contributed by atoms with Crippen LogP contribution in [-0.4, -0.2) is 26.7 Å². The Morgan fingerprint density at radius 2 is 1.96 bits per heavy atom. The topological polar surface area (TPSA) is 47.6 Å². The summed E-state index contributed by atoms with van der Waals surface area (Å²) in [7, 11) is 3.43. The van der Waals surface area contributed by atoms with Gasteiger partial charge in [-0.15, -0.1) is 0 Å². The first-order valence-corrected chi connectivity index (χ1v) is 7.45. The summed E-state index contributed by atoms with van der Waals surface area (Å²) in [6.07, 6.45) is 2.81. The van der Waals surface area contributed by atoms with Crippen LogP contribution in [0, 0.1) is 0 Å². The van der Waals surface area contributed by atoms with Crippen LogP contribution in [0.5, 0.6) is 5.75 Å². The van der Waals surface area contributed by atoms with Crippen molar-refractivity contribution in [2.24, 2.45) is 0 Å². The molecule has 1 unspecified atom stereocenters. The summed E-state index contributed by atoms with van der Waals surface area (Å²) in [5.41, 5.74) is 1.84. The highest BCUT2D eigenvalue weighted by Gasteiger charge is 2.15. The van der Waals surface area contributed by atoms with Gasteiger partial charge in [-0.1, -0.05) is 42.5 Å². The zero-order valence-corrected chi connectivity index (χ0v) is 13.4. The minimum Gasteiger partial charge on any atom is -0.497 e. The smallest absolute Gasteiger partial charge is 0.331 e. The molecule has 2 aromatic carbocycles. The first kappa shape index (κ1) is 16.8. The highest BCUT2D eigenvalue weighted by molar-refractivity contribution is 5.87. The Hall–Kier alpha value is -2.59. The number of carbonyl (C=O) groups is 1. The molecule has 2 rings (SSSR count). The molecule has 0 saturated heterocycles. The third-order valence-corrected chi connectivity index (χ3v) is 3.32. The fourth-order valence-electron chi connectivity index (χ4n) is 2.16. The molecule has 1 N–H and O–H groups in total. The molecular weight excluding hydrogens is 290 g/mol. The predicted octanol–water partition coefficient (Wildman–Crippen LogP) is 3.21. The van der Waals surface area contributed by atoms with Gasteiger partial charge in [0.25, 0.3) is 0 Å². The Bertz CT molecular complexity index is 653. The SMILES string of the molecule is CNCC(OC(=O)/C=C/c1ccccc1)c1cccc(OC)c1. The van der Waals surface area contributed by atoms with Gasteiger partial charge in [0.2, 0.25) is 0 Å². The number of hydrogen-bond donors (Lipinski definition) is 1. The van der Waals surface area contributed by atoms with Crippen LogP contribution < -0.4 is 10.1 Å². The van der Waals surface area contributed by atoms with Crippen LogP contribution >= 0.6 is 0 Å². The van der Waals surface area contributed by atoms with Gasteiger partial charge >= 0.3 is 5.97 Å². The van der Waals surface area contributed by atoms with Gasteiger partial charge in [0.05, 0.1) is 7.11 Å². The highest BCUT2D eigenvalue weighted by Crippen LogP contribution is 2.22. The predicted molar refractivity (Wildman–Crippen MR) is 91.2 cm³/mol. The van der Waals surface area contributed by atoms with Crippen molar-refractivity contribution in [3.63, 3.8) is 0 Å². The number of benzene rings is 2. The van der Waals surface area contributed by atoms with Gasteiger partial charge in [0, 0.05) is 12.6 Å². The fraction of sp³-hybridized carbons (Fsp3) is 0.211. The molecule has 0 spiro atoms. The Balaban J connectivity index is 2.06. The molecule has 0 heterocycles. The molecule has 0 aliphatic rings. The third-order valence-electron chi connectivity index (χ3n) is 3.32. The summed E-state index contributed by atoms with van der Waals surface area (Å²) in [4.78, 5) is 12.1. The van der Waals surface area contributed by atoms with Crippen LogP contribution in [-0.2, 0) is 9.53 Å². The summed E-state index contributed by atoms with van der Waals surface area (Å²) < 4.78 is 10.8. The maximum absolute atomic E-state index is 12.1. The van der Waals surface area contributed by atoms with Crippen molar-refractivity contribution in [1.29, 1.82) is 0 Å². The standard InChI is InChI=1S/C19H21NO3/c1-20-14-18(16-9-6-10-17(13-16)22-2)23-19(21)12-11-15-7-4-3-5-8-15/h3-13,18,20H,14H2,1-2H3/b12-11+. The van der Waals surface area contributed by atoms with Gasteiger partial charge in [-0.3, -0.25) is 0 Å². The molecule has 0 aliphatic carbocycles. The molecule has 23 heavy (non-hydrogen) atoms. The average molecular weight is 311 g/mol. The molecule has 0 fully saturated rings. The number of esters is 1. The first-order chi connectivity index (χ1) is 11.2. The van der Waals surface area contributed by atoms with Gasteiger partial charge in [0.15, 0.2) is 0 Å². The number of nitrogens with one attached hydrogen (secondary N) is 1. The third kappa shape index (κ3) is 5.27. The second-order valence-corrected chi connectivity index (χ2v) is 5.00. The molecular formula is C19H21NO3. The van der Waals surface area contributed by atoms with Crippen molar-refractivity contribution in [2.45, 2.75) is 6.10 Å². The summed E-state index contributed by atoms with van der Waals surface area (Å²) in [5, 5.41) is 3.04. The molecule has 0 amide bonds. The first-order valence-electron chi connectivity index (χ1n) is 7.45. The maximum atomic E-state index is 12.1. The Morgan fingerprint density at radius 1 is 1.17 bits per heavy atom. The number of likely N-dealkylation sites (N-methyl/N-ethyl adjacent to an activating group) is 1. The zero-order chi connectivity index (χ0) is 16.5. The molecule has 0 aliphatic heterocycles. The number of rotatable bonds is 7. The molecule has 0 aromatic heterocycles. The maximum Gasteiger partial charge on any atom is 0.331 e. The number of carbonyl (C=O) groups excluding carboxylic acids is 1. The minimum absolute atomic E-state index is 0.372. The average Bonchev–Trinajstić information content (AvgIpc) is 2.60. The van der Waals surface area contributed by atoms with Crippen LogP contribution in [0.4, 0.5) is 0 Å². The summed E-state index contributed by atoms with van der Waals surface area (Å²) in [6, 6.07) is 17.2. The van der Waals surface area contributed by atoms with Crippen molar-refractivity contribution < 1.29 is 14.3 Å². The Labute approximate surface area is 136 Å². The summed E-state index contributed by atoms with van der Waals surface area (Å²) in [5.74, 6) is 0.358. The Kier molecular flexibility index (Phi) is 6.39. The van der Waals surface area contributed by atoms with Crippen molar-refractivity contribution in [3.05, 3.63) is 71.8 Å². The van der Waals surface area contributed by atoms with E-state index in [0.29, 0.717) is 6.54 Å². The molecule has 4 nitrogen and oxygen atoms in total. The molecule has 0 saturated carbocycles. The van der Waals surface area contributed by atoms with E-state index in [9.17, 15) is 4.79 Å². The van der Waals surface area contributed by atoms with Crippen LogP contribution in [0.2, 0.25) is 0 Å². The number of methoxy groups -OCH3 is 1. The van der Waals surface area contributed by atoms with E-state index < -0.39 is 0 Å². The van der Waals surface area contributed by atoms with Crippen molar-refractivity contribution in [2.75, 3.05) is 20.7 Å². The van der Waals surface area contributed by atoms with E-state index >= 15 is 0 Å². The Morgan fingerprint density at radius 3 is 2.65 bits per heavy atom. The van der Waals surface area contributed by atoms with Crippen molar-refractivity contribution in [1.82, 2.24) is 5.32 Å². The summed E-state index contributed by atoms with van der Waals surface area (Å²) >= 11 is 0. The van der Waals surface area contributed by atoms with Gasteiger partial charge in [-0.25, -0.2) is 4.79 Å². The largest absolute Gasteiger partial charge is 0.497 e. The van der Waals surface area contributed by atoms with Gasteiger partial charge in [-0.2, -0.15) is 0 Å². The second-order valence-electron chi connectivity index (χ2n) is 5.00.